The minimum Gasteiger partial charge on any atom is -0.344 e. The molecule has 0 aliphatic heterocycles. The number of nitrogens with two attached hydrogens (primary N) is 1. The molecular weight excluding hydrogens is 326 g/mol. The molecule has 0 fully saturated rings. The van der Waals surface area contributed by atoms with Crippen LogP contribution < -0.4 is 5.73 Å². The number of likely N-dealkylation sites (N-methyl/N-ethyl adjacent to an activating group) is 1. The SMILES string of the molecule is CCN(C)C(=O)C(C)(N)c1cc(C(F)(F)F)cc(C(F)(F)F)c1. The maximum absolute atomic E-state index is 12.8. The number of carbonyl (C=O) groups is 1. The van der Waals surface area contributed by atoms with Gasteiger partial charge in [-0.2, -0.15) is 26.3 Å². The standard InChI is InChI=1S/C14H16F6N2O/c1-4-22(3)11(23)12(2,21)8-5-9(13(15,16)17)7-10(6-8)14(18,19)20/h5-7H,4,21H2,1-3H3. The Labute approximate surface area is 129 Å². The summed E-state index contributed by atoms with van der Waals surface area (Å²) in [6.07, 6.45) is -9.99. The van der Waals surface area contributed by atoms with Crippen LogP contribution in [-0.4, -0.2) is 24.4 Å². The maximum Gasteiger partial charge on any atom is 0.416 e. The molecule has 0 spiro atoms. The van der Waals surface area contributed by atoms with Crippen molar-refractivity contribution in [3.05, 3.63) is 34.9 Å². The van der Waals surface area contributed by atoms with Crippen molar-refractivity contribution in [2.45, 2.75) is 31.7 Å². The molecule has 1 unspecified atom stereocenters. The van der Waals surface area contributed by atoms with Gasteiger partial charge in [0.25, 0.3) is 0 Å². The zero-order valence-electron chi connectivity index (χ0n) is 12.6. The van der Waals surface area contributed by atoms with Gasteiger partial charge in [0.15, 0.2) is 0 Å². The van der Waals surface area contributed by atoms with Crippen LogP contribution in [0.25, 0.3) is 0 Å². The molecule has 2 N–H and O–H groups in total. The molecule has 0 aromatic heterocycles. The fourth-order valence-corrected chi connectivity index (χ4v) is 1.92. The molecule has 1 aromatic rings. The first-order valence-electron chi connectivity index (χ1n) is 6.55. The lowest BCUT2D eigenvalue weighted by Gasteiger charge is -2.30. The highest BCUT2D eigenvalue weighted by atomic mass is 19.4. The third kappa shape index (κ3) is 4.15. The minimum atomic E-state index is -4.99. The van der Waals surface area contributed by atoms with Gasteiger partial charge < -0.3 is 10.6 Å². The van der Waals surface area contributed by atoms with Crippen molar-refractivity contribution < 1.29 is 31.1 Å². The van der Waals surface area contributed by atoms with Crippen LogP contribution in [0, 0.1) is 0 Å². The topological polar surface area (TPSA) is 46.3 Å². The van der Waals surface area contributed by atoms with Crippen LogP contribution in [0.5, 0.6) is 0 Å². The highest BCUT2D eigenvalue weighted by Gasteiger charge is 2.41. The van der Waals surface area contributed by atoms with Gasteiger partial charge in [-0.1, -0.05) is 0 Å². The Bertz CT molecular complexity index is 560. The van der Waals surface area contributed by atoms with Crippen LogP contribution in [0.4, 0.5) is 26.3 Å². The van der Waals surface area contributed by atoms with Gasteiger partial charge in [0.05, 0.1) is 11.1 Å². The Morgan fingerprint density at radius 3 is 1.65 bits per heavy atom. The third-order valence-electron chi connectivity index (χ3n) is 3.45. The van der Waals surface area contributed by atoms with Gasteiger partial charge >= 0.3 is 12.4 Å². The van der Waals surface area contributed by atoms with Gasteiger partial charge in [-0.3, -0.25) is 4.79 Å². The first kappa shape index (κ1) is 19.3. The van der Waals surface area contributed by atoms with Crippen molar-refractivity contribution in [1.29, 1.82) is 0 Å². The van der Waals surface area contributed by atoms with Gasteiger partial charge in [-0.05, 0) is 37.6 Å². The smallest absolute Gasteiger partial charge is 0.344 e. The van der Waals surface area contributed by atoms with E-state index in [1.807, 2.05) is 0 Å². The van der Waals surface area contributed by atoms with Gasteiger partial charge in [-0.25, -0.2) is 0 Å². The second kappa shape index (κ2) is 6.03. The molecule has 1 rings (SSSR count). The minimum absolute atomic E-state index is 0.00636. The number of alkyl halides is 6. The molecule has 1 aromatic carbocycles. The quantitative estimate of drug-likeness (QED) is 0.856. The van der Waals surface area contributed by atoms with Gasteiger partial charge in [-0.15, -0.1) is 0 Å². The van der Waals surface area contributed by atoms with Crippen molar-refractivity contribution >= 4 is 5.91 Å². The summed E-state index contributed by atoms with van der Waals surface area (Å²) in [5.74, 6) is -0.785. The number of benzene rings is 1. The molecule has 0 saturated carbocycles. The van der Waals surface area contributed by atoms with E-state index in [1.165, 1.54) is 7.05 Å². The number of hydrogen-bond donors (Lipinski definition) is 1. The van der Waals surface area contributed by atoms with Crippen molar-refractivity contribution in [3.63, 3.8) is 0 Å². The van der Waals surface area contributed by atoms with E-state index in [0.717, 1.165) is 11.8 Å². The molecule has 1 amide bonds. The molecule has 1 atom stereocenters. The van der Waals surface area contributed by atoms with E-state index < -0.39 is 40.5 Å². The van der Waals surface area contributed by atoms with E-state index in [1.54, 1.807) is 6.92 Å². The van der Waals surface area contributed by atoms with E-state index >= 15 is 0 Å². The molecule has 0 aliphatic carbocycles. The van der Waals surface area contributed by atoms with E-state index in [4.69, 9.17) is 5.73 Å². The highest BCUT2D eigenvalue weighted by molar-refractivity contribution is 5.87. The van der Waals surface area contributed by atoms with Crippen LogP contribution in [-0.2, 0) is 22.7 Å². The Hall–Kier alpha value is -1.77. The second-order valence-corrected chi connectivity index (χ2v) is 5.32. The largest absolute Gasteiger partial charge is 0.416 e. The zero-order valence-corrected chi connectivity index (χ0v) is 12.6. The van der Waals surface area contributed by atoms with Gasteiger partial charge in [0.1, 0.15) is 5.54 Å². The van der Waals surface area contributed by atoms with Crippen LogP contribution in [0.2, 0.25) is 0 Å². The second-order valence-electron chi connectivity index (χ2n) is 5.32. The average molecular weight is 342 g/mol. The summed E-state index contributed by atoms with van der Waals surface area (Å²) in [6.45, 7) is 2.88. The summed E-state index contributed by atoms with van der Waals surface area (Å²) in [4.78, 5) is 13.3. The number of amides is 1. The Morgan fingerprint density at radius 2 is 1.35 bits per heavy atom. The number of halogens is 6. The average Bonchev–Trinajstić information content (AvgIpc) is 2.43. The molecule has 0 heterocycles. The molecule has 0 saturated heterocycles. The molecule has 0 bridgehead atoms. The van der Waals surface area contributed by atoms with Gasteiger partial charge in [0, 0.05) is 13.6 Å². The fourth-order valence-electron chi connectivity index (χ4n) is 1.92. The summed E-state index contributed by atoms with van der Waals surface area (Å²) >= 11 is 0. The fraction of sp³-hybridized carbons (Fsp3) is 0.500. The predicted octanol–water partition coefficient (Wildman–Crippen LogP) is 3.38. The van der Waals surface area contributed by atoms with E-state index in [0.29, 0.717) is 12.1 Å². The maximum atomic E-state index is 12.8. The van der Waals surface area contributed by atoms with Crippen molar-refractivity contribution in [3.8, 4) is 0 Å². The Morgan fingerprint density at radius 1 is 1.00 bits per heavy atom. The lowest BCUT2D eigenvalue weighted by Crippen LogP contribution is -2.49. The molecule has 0 aliphatic rings. The Kier molecular flexibility index (Phi) is 5.05. The molecular formula is C14H16F6N2O. The number of hydrogen-bond acceptors (Lipinski definition) is 2. The number of rotatable bonds is 3. The summed E-state index contributed by atoms with van der Waals surface area (Å²) in [7, 11) is 1.35. The summed E-state index contributed by atoms with van der Waals surface area (Å²) in [5, 5.41) is 0. The lowest BCUT2D eigenvalue weighted by atomic mass is 9.88. The third-order valence-corrected chi connectivity index (χ3v) is 3.45. The zero-order chi connectivity index (χ0) is 18.2. The summed E-state index contributed by atoms with van der Waals surface area (Å²) in [5.41, 5.74) is 0.167. The first-order chi connectivity index (χ1) is 10.2. The van der Waals surface area contributed by atoms with E-state index in [-0.39, 0.29) is 12.6 Å². The van der Waals surface area contributed by atoms with Crippen molar-refractivity contribution in [2.75, 3.05) is 13.6 Å². The van der Waals surface area contributed by atoms with E-state index in [2.05, 4.69) is 0 Å². The van der Waals surface area contributed by atoms with Crippen LogP contribution in [0.15, 0.2) is 18.2 Å². The Balaban J connectivity index is 3.55. The lowest BCUT2D eigenvalue weighted by molar-refractivity contribution is -0.144. The molecule has 0 radical (unpaired) electrons. The van der Waals surface area contributed by atoms with Gasteiger partial charge in [0.2, 0.25) is 5.91 Å². The van der Waals surface area contributed by atoms with Crippen LogP contribution in [0.1, 0.15) is 30.5 Å². The monoisotopic (exact) mass is 342 g/mol. The van der Waals surface area contributed by atoms with Crippen molar-refractivity contribution in [2.24, 2.45) is 5.73 Å². The summed E-state index contributed by atoms with van der Waals surface area (Å²) in [6, 6.07) is 0.931. The predicted molar refractivity (Wildman–Crippen MR) is 71.3 cm³/mol. The summed E-state index contributed by atoms with van der Waals surface area (Å²) < 4.78 is 77.1. The van der Waals surface area contributed by atoms with Crippen LogP contribution >= 0.6 is 0 Å². The molecule has 3 nitrogen and oxygen atoms in total. The molecule has 23 heavy (non-hydrogen) atoms. The normalized spacial score (nSPS) is 15.2. The van der Waals surface area contributed by atoms with E-state index in [9.17, 15) is 31.1 Å². The highest BCUT2D eigenvalue weighted by Crippen LogP contribution is 2.38. The first-order valence-corrected chi connectivity index (χ1v) is 6.55. The van der Waals surface area contributed by atoms with Crippen molar-refractivity contribution in [1.82, 2.24) is 4.90 Å². The molecule has 130 valence electrons. The number of carbonyl (C=O) groups excluding carboxylic acids is 1. The number of nitrogens with zero attached hydrogens (tertiary/aromatic N) is 1. The van der Waals surface area contributed by atoms with Crippen LogP contribution in [0.3, 0.4) is 0 Å². The molecule has 9 heteroatoms.